The van der Waals surface area contributed by atoms with Crippen molar-refractivity contribution in [2.75, 3.05) is 13.7 Å². The highest BCUT2D eigenvalue weighted by Gasteiger charge is 2.35. The van der Waals surface area contributed by atoms with Crippen molar-refractivity contribution in [3.8, 4) is 11.5 Å². The first-order valence-electron chi connectivity index (χ1n) is 14.0. The van der Waals surface area contributed by atoms with Gasteiger partial charge < -0.3 is 14.2 Å². The maximum atomic E-state index is 14.1. The van der Waals surface area contributed by atoms with Gasteiger partial charge in [0.2, 0.25) is 0 Å². The Labute approximate surface area is 253 Å². The van der Waals surface area contributed by atoms with Crippen molar-refractivity contribution >= 4 is 35.0 Å². The molecule has 8 nitrogen and oxygen atoms in total. The van der Waals surface area contributed by atoms with E-state index < -0.39 is 18.0 Å². The molecule has 1 aliphatic rings. The summed E-state index contributed by atoms with van der Waals surface area (Å²) in [7, 11) is 1.48. The summed E-state index contributed by atoms with van der Waals surface area (Å²) in [5.74, 6) is -0.0309. The average molecular weight is 597 g/mol. The minimum Gasteiger partial charge on any atom is -0.493 e. The number of esters is 2. The summed E-state index contributed by atoms with van der Waals surface area (Å²) in [5, 5.41) is 0. The molecule has 1 aromatic heterocycles. The first kappa shape index (κ1) is 29.7. The van der Waals surface area contributed by atoms with Gasteiger partial charge in [-0.3, -0.25) is 14.2 Å². The Kier molecular flexibility index (Phi) is 8.73. The minimum atomic E-state index is -0.755. The summed E-state index contributed by atoms with van der Waals surface area (Å²) in [6.45, 7) is 7.48. The Balaban J connectivity index is 1.76. The maximum absolute atomic E-state index is 14.1. The van der Waals surface area contributed by atoms with E-state index in [1.807, 2.05) is 54.6 Å². The van der Waals surface area contributed by atoms with Crippen molar-refractivity contribution in [2.45, 2.75) is 39.7 Å². The second-order valence-corrected chi connectivity index (χ2v) is 11.3. The van der Waals surface area contributed by atoms with E-state index in [9.17, 15) is 14.4 Å². The van der Waals surface area contributed by atoms with Gasteiger partial charge in [-0.2, -0.15) is 0 Å². The van der Waals surface area contributed by atoms with Gasteiger partial charge in [0.1, 0.15) is 0 Å². The molecule has 9 heteroatoms. The largest absolute Gasteiger partial charge is 0.493 e. The Hall–Kier alpha value is -4.76. The fourth-order valence-electron chi connectivity index (χ4n) is 4.98. The lowest BCUT2D eigenvalue weighted by Crippen LogP contribution is -2.40. The summed E-state index contributed by atoms with van der Waals surface area (Å²) < 4.78 is 18.2. The number of carbonyl (C=O) groups excluding carboxylic acids is 2. The van der Waals surface area contributed by atoms with Crippen LogP contribution in [0.25, 0.3) is 11.8 Å². The number of rotatable bonds is 8. The molecule has 0 unspecified atom stereocenters. The third-order valence-electron chi connectivity index (χ3n) is 7.03. The van der Waals surface area contributed by atoms with E-state index in [4.69, 9.17) is 19.2 Å². The van der Waals surface area contributed by atoms with Crippen LogP contribution in [0.2, 0.25) is 0 Å². The molecule has 43 heavy (non-hydrogen) atoms. The Morgan fingerprint density at radius 2 is 1.74 bits per heavy atom. The normalized spacial score (nSPS) is 14.7. The van der Waals surface area contributed by atoms with E-state index in [1.54, 1.807) is 35.8 Å². The molecule has 0 saturated heterocycles. The maximum Gasteiger partial charge on any atom is 0.338 e. The number of benzene rings is 3. The zero-order chi connectivity index (χ0) is 30.7. The summed E-state index contributed by atoms with van der Waals surface area (Å²) in [6, 6.07) is 21.7. The van der Waals surface area contributed by atoms with E-state index in [0.717, 1.165) is 16.7 Å². The van der Waals surface area contributed by atoms with Crippen LogP contribution in [-0.2, 0) is 14.3 Å². The molecule has 1 aliphatic heterocycles. The van der Waals surface area contributed by atoms with Crippen molar-refractivity contribution in [3.63, 3.8) is 0 Å². The van der Waals surface area contributed by atoms with Crippen LogP contribution in [-0.4, -0.2) is 30.2 Å². The summed E-state index contributed by atoms with van der Waals surface area (Å²) in [6.07, 6.45) is 1.74. The SMILES string of the molecule is CCOC(=O)C1=C(c2ccccc2)N=c2s/c(=C\c3ccc(OC(C)=O)c(OC)c3)c(=O)n2[C@@H]1c1ccc(C(C)C)cc1. The van der Waals surface area contributed by atoms with Crippen LogP contribution in [0.1, 0.15) is 61.9 Å². The van der Waals surface area contributed by atoms with Crippen molar-refractivity contribution in [2.24, 2.45) is 4.99 Å². The van der Waals surface area contributed by atoms with Crippen LogP contribution in [0.5, 0.6) is 11.5 Å². The summed E-state index contributed by atoms with van der Waals surface area (Å²) >= 11 is 1.23. The number of hydrogen-bond donors (Lipinski definition) is 0. The fourth-order valence-corrected chi connectivity index (χ4v) is 5.98. The molecule has 0 aliphatic carbocycles. The Morgan fingerprint density at radius 1 is 1.02 bits per heavy atom. The van der Waals surface area contributed by atoms with Crippen LogP contribution in [0.15, 0.2) is 88.2 Å². The molecular weight excluding hydrogens is 564 g/mol. The van der Waals surface area contributed by atoms with Gasteiger partial charge in [0, 0.05) is 12.5 Å². The molecule has 1 atom stereocenters. The van der Waals surface area contributed by atoms with E-state index in [-0.39, 0.29) is 17.9 Å². The van der Waals surface area contributed by atoms with Crippen molar-refractivity contribution in [1.82, 2.24) is 4.57 Å². The smallest absolute Gasteiger partial charge is 0.338 e. The molecule has 5 rings (SSSR count). The molecule has 0 fully saturated rings. The predicted molar refractivity (Wildman–Crippen MR) is 166 cm³/mol. The fraction of sp³-hybridized carbons (Fsp3) is 0.235. The third kappa shape index (κ3) is 6.08. The number of ether oxygens (including phenoxy) is 3. The molecule has 0 N–H and O–H groups in total. The van der Waals surface area contributed by atoms with Gasteiger partial charge in [0.15, 0.2) is 16.3 Å². The predicted octanol–water partition coefficient (Wildman–Crippen LogP) is 4.99. The van der Waals surface area contributed by atoms with Gasteiger partial charge in [-0.1, -0.05) is 85.8 Å². The van der Waals surface area contributed by atoms with Crippen LogP contribution in [0, 0.1) is 0 Å². The van der Waals surface area contributed by atoms with E-state index in [1.165, 1.54) is 25.4 Å². The molecule has 4 aromatic rings. The average Bonchev–Trinajstić information content (AvgIpc) is 3.31. The van der Waals surface area contributed by atoms with Crippen molar-refractivity contribution < 1.29 is 23.8 Å². The zero-order valence-electron chi connectivity index (χ0n) is 24.6. The summed E-state index contributed by atoms with van der Waals surface area (Å²) in [5.41, 5.74) is 3.82. The zero-order valence-corrected chi connectivity index (χ0v) is 25.4. The van der Waals surface area contributed by atoms with Crippen molar-refractivity contribution in [1.29, 1.82) is 0 Å². The molecule has 0 amide bonds. The molecule has 0 bridgehead atoms. The molecule has 0 spiro atoms. The number of nitrogens with zero attached hydrogens (tertiary/aromatic N) is 2. The number of aromatic nitrogens is 1. The lowest BCUT2D eigenvalue weighted by atomic mass is 9.91. The van der Waals surface area contributed by atoms with Crippen LogP contribution < -0.4 is 24.4 Å². The first-order valence-corrected chi connectivity index (χ1v) is 14.8. The first-order chi connectivity index (χ1) is 20.7. The highest BCUT2D eigenvalue weighted by Crippen LogP contribution is 2.35. The topological polar surface area (TPSA) is 96.2 Å². The van der Waals surface area contributed by atoms with Gasteiger partial charge in [-0.25, -0.2) is 9.79 Å². The van der Waals surface area contributed by atoms with Gasteiger partial charge in [-0.15, -0.1) is 0 Å². The van der Waals surface area contributed by atoms with Gasteiger partial charge in [0.05, 0.1) is 35.6 Å². The second-order valence-electron chi connectivity index (χ2n) is 10.3. The standard InChI is InChI=1S/C34H32N2O6S/c1-6-41-33(39)29-30(24-10-8-7-9-11-24)35-34-36(31(29)25-15-13-23(14-16-25)20(2)3)32(38)28(43-34)19-22-12-17-26(42-21(4)37)27(18-22)40-5/h7-20,31H,6H2,1-5H3/b28-19-/t31-/m1/s1. The lowest BCUT2D eigenvalue weighted by molar-refractivity contribution is -0.139. The minimum absolute atomic E-state index is 0.180. The molecule has 0 saturated carbocycles. The van der Waals surface area contributed by atoms with E-state index in [2.05, 4.69) is 13.8 Å². The van der Waals surface area contributed by atoms with E-state index in [0.29, 0.717) is 37.8 Å². The highest BCUT2D eigenvalue weighted by atomic mass is 32.1. The van der Waals surface area contributed by atoms with Crippen LogP contribution >= 0.6 is 11.3 Å². The Bertz CT molecular complexity index is 1890. The lowest BCUT2D eigenvalue weighted by Gasteiger charge is -2.26. The molecule has 0 radical (unpaired) electrons. The molecule has 2 heterocycles. The second kappa shape index (κ2) is 12.6. The van der Waals surface area contributed by atoms with E-state index >= 15 is 0 Å². The number of carbonyl (C=O) groups is 2. The summed E-state index contributed by atoms with van der Waals surface area (Å²) in [4.78, 5) is 44.6. The number of methoxy groups -OCH3 is 1. The van der Waals surface area contributed by atoms with Crippen LogP contribution in [0.4, 0.5) is 0 Å². The third-order valence-corrected chi connectivity index (χ3v) is 8.01. The van der Waals surface area contributed by atoms with Gasteiger partial charge in [-0.05, 0) is 47.7 Å². The molecule has 3 aromatic carbocycles. The number of fused-ring (bicyclic) bond motifs is 1. The van der Waals surface area contributed by atoms with Gasteiger partial charge in [0.25, 0.3) is 5.56 Å². The number of thiazole rings is 1. The quantitative estimate of drug-likeness (QED) is 0.210. The van der Waals surface area contributed by atoms with Crippen LogP contribution in [0.3, 0.4) is 0 Å². The van der Waals surface area contributed by atoms with Crippen molar-refractivity contribution in [3.05, 3.63) is 120 Å². The highest BCUT2D eigenvalue weighted by molar-refractivity contribution is 7.07. The monoisotopic (exact) mass is 596 g/mol. The Morgan fingerprint density at radius 3 is 2.37 bits per heavy atom. The molecular formula is C34H32N2O6S. The molecule has 220 valence electrons. The van der Waals surface area contributed by atoms with Gasteiger partial charge >= 0.3 is 11.9 Å². The number of hydrogen-bond acceptors (Lipinski definition) is 8.